The molecule has 1 aromatic rings. The van der Waals surface area contributed by atoms with Gasteiger partial charge in [0.25, 0.3) is 0 Å². The lowest BCUT2D eigenvalue weighted by Crippen LogP contribution is -2.40. The highest BCUT2D eigenvalue weighted by Gasteiger charge is 2.18. The van der Waals surface area contributed by atoms with E-state index in [0.29, 0.717) is 0 Å². The number of likely N-dealkylation sites (N-methyl/N-ethyl adjacent to an activating group) is 1. The topological polar surface area (TPSA) is 41.6 Å². The van der Waals surface area contributed by atoms with E-state index in [1.807, 2.05) is 50.9 Å². The summed E-state index contributed by atoms with van der Waals surface area (Å²) in [6.07, 6.45) is 0.925. The van der Waals surface area contributed by atoms with Crippen LogP contribution in [0.1, 0.15) is 24.5 Å². The van der Waals surface area contributed by atoms with E-state index < -0.39 is 0 Å². The number of benzene rings is 1. The van der Waals surface area contributed by atoms with Crippen molar-refractivity contribution in [1.29, 1.82) is 0 Å². The van der Waals surface area contributed by atoms with Gasteiger partial charge in [-0.2, -0.15) is 0 Å². The van der Waals surface area contributed by atoms with Crippen LogP contribution in [0.5, 0.6) is 0 Å². The molecule has 20 heavy (non-hydrogen) atoms. The molecule has 0 saturated heterocycles. The van der Waals surface area contributed by atoms with Crippen molar-refractivity contribution < 1.29 is 9.53 Å². The molecule has 1 aromatic carbocycles. The fourth-order valence-electron chi connectivity index (χ4n) is 2.09. The van der Waals surface area contributed by atoms with Gasteiger partial charge in [0.1, 0.15) is 0 Å². The molecule has 0 radical (unpaired) electrons. The Hall–Kier alpha value is -1.39. The van der Waals surface area contributed by atoms with Gasteiger partial charge in [-0.05, 0) is 45.4 Å². The monoisotopic (exact) mass is 278 g/mol. The van der Waals surface area contributed by atoms with Crippen molar-refractivity contribution in [2.75, 3.05) is 32.6 Å². The Bertz CT molecular complexity index is 426. The minimum Gasteiger partial charge on any atom is -0.385 e. The van der Waals surface area contributed by atoms with Crippen LogP contribution in [0.3, 0.4) is 0 Å². The molecule has 0 spiro atoms. The number of anilines is 1. The quantitative estimate of drug-likeness (QED) is 0.780. The van der Waals surface area contributed by atoms with Crippen molar-refractivity contribution in [1.82, 2.24) is 4.90 Å². The number of methoxy groups -OCH3 is 1. The van der Waals surface area contributed by atoms with Crippen LogP contribution in [-0.2, 0) is 9.53 Å². The average molecular weight is 278 g/mol. The van der Waals surface area contributed by atoms with E-state index >= 15 is 0 Å². The lowest BCUT2D eigenvalue weighted by molar-refractivity contribution is -0.120. The van der Waals surface area contributed by atoms with Crippen LogP contribution in [-0.4, -0.2) is 44.2 Å². The Kier molecular flexibility index (Phi) is 6.68. The fourth-order valence-corrected chi connectivity index (χ4v) is 2.09. The molecule has 4 nitrogen and oxygen atoms in total. The van der Waals surface area contributed by atoms with Crippen LogP contribution >= 0.6 is 0 Å². The molecule has 112 valence electrons. The van der Waals surface area contributed by atoms with Gasteiger partial charge in [-0.3, -0.25) is 9.69 Å². The Labute approximate surface area is 122 Å². The second-order valence-electron chi connectivity index (χ2n) is 5.26. The summed E-state index contributed by atoms with van der Waals surface area (Å²) in [6.45, 7) is 7.51. The number of nitrogens with zero attached hydrogens (tertiary/aromatic N) is 1. The van der Waals surface area contributed by atoms with E-state index in [4.69, 9.17) is 4.74 Å². The molecule has 0 heterocycles. The number of carbonyl (C=O) groups excluding carboxylic acids is 1. The van der Waals surface area contributed by atoms with E-state index in [1.54, 1.807) is 7.11 Å². The first kappa shape index (κ1) is 16.7. The molecule has 4 heteroatoms. The largest absolute Gasteiger partial charge is 0.385 e. The van der Waals surface area contributed by atoms with Crippen LogP contribution in [0.15, 0.2) is 18.2 Å². The van der Waals surface area contributed by atoms with Crippen molar-refractivity contribution in [3.63, 3.8) is 0 Å². The molecule has 1 amide bonds. The van der Waals surface area contributed by atoms with Crippen LogP contribution in [0, 0.1) is 13.8 Å². The molecule has 0 fully saturated rings. The summed E-state index contributed by atoms with van der Waals surface area (Å²) in [7, 11) is 3.65. The maximum absolute atomic E-state index is 12.3. The summed E-state index contributed by atoms with van der Waals surface area (Å²) < 4.78 is 5.03. The Balaban J connectivity index is 2.61. The Morgan fingerprint density at radius 2 is 1.95 bits per heavy atom. The van der Waals surface area contributed by atoms with Gasteiger partial charge in [0, 0.05) is 25.9 Å². The highest BCUT2D eigenvalue weighted by atomic mass is 16.5. The van der Waals surface area contributed by atoms with Crippen LogP contribution < -0.4 is 5.32 Å². The maximum atomic E-state index is 12.3. The molecule has 1 atom stereocenters. The van der Waals surface area contributed by atoms with E-state index in [-0.39, 0.29) is 11.9 Å². The SMILES string of the molecule is COCCCN(C)C(C)C(=O)Nc1c(C)cccc1C. The van der Waals surface area contributed by atoms with Gasteiger partial charge >= 0.3 is 0 Å². The second-order valence-corrected chi connectivity index (χ2v) is 5.26. The first-order valence-electron chi connectivity index (χ1n) is 7.03. The highest BCUT2D eigenvalue weighted by Crippen LogP contribution is 2.19. The minimum absolute atomic E-state index is 0.0299. The zero-order chi connectivity index (χ0) is 15.1. The number of amides is 1. The number of nitrogens with one attached hydrogen (secondary N) is 1. The standard InChI is InChI=1S/C16H26N2O2/c1-12-8-6-9-13(2)15(12)17-16(19)14(3)18(4)10-7-11-20-5/h6,8-9,14H,7,10-11H2,1-5H3,(H,17,19). The van der Waals surface area contributed by atoms with E-state index in [1.165, 1.54) is 0 Å². The first-order valence-corrected chi connectivity index (χ1v) is 7.03. The summed E-state index contributed by atoms with van der Waals surface area (Å²) in [5, 5.41) is 3.04. The second kappa shape index (κ2) is 8.02. The Morgan fingerprint density at radius 3 is 2.50 bits per heavy atom. The van der Waals surface area contributed by atoms with Crippen LogP contribution in [0.25, 0.3) is 0 Å². The number of ether oxygens (including phenoxy) is 1. The van der Waals surface area contributed by atoms with E-state index in [2.05, 4.69) is 5.32 Å². The number of hydrogen-bond acceptors (Lipinski definition) is 3. The van der Waals surface area contributed by atoms with Crippen LogP contribution in [0.2, 0.25) is 0 Å². The minimum atomic E-state index is -0.161. The van der Waals surface area contributed by atoms with Gasteiger partial charge in [0.05, 0.1) is 6.04 Å². The third-order valence-electron chi connectivity index (χ3n) is 3.63. The fraction of sp³-hybridized carbons (Fsp3) is 0.562. The summed E-state index contributed by atoms with van der Waals surface area (Å²) >= 11 is 0. The van der Waals surface area contributed by atoms with Gasteiger partial charge in [-0.25, -0.2) is 0 Å². The first-order chi connectivity index (χ1) is 9.47. The number of hydrogen-bond donors (Lipinski definition) is 1. The predicted molar refractivity (Wildman–Crippen MR) is 83.1 cm³/mol. The van der Waals surface area contributed by atoms with Gasteiger partial charge in [0.15, 0.2) is 0 Å². The summed E-state index contributed by atoms with van der Waals surface area (Å²) in [4.78, 5) is 14.4. The average Bonchev–Trinajstić information content (AvgIpc) is 2.42. The third kappa shape index (κ3) is 4.62. The van der Waals surface area contributed by atoms with Crippen LogP contribution in [0.4, 0.5) is 5.69 Å². The van der Waals surface area contributed by atoms with Crippen molar-refractivity contribution in [2.45, 2.75) is 33.2 Å². The van der Waals surface area contributed by atoms with E-state index in [9.17, 15) is 4.79 Å². The molecule has 0 aliphatic rings. The maximum Gasteiger partial charge on any atom is 0.241 e. The van der Waals surface area contributed by atoms with Gasteiger partial charge in [-0.15, -0.1) is 0 Å². The zero-order valence-electron chi connectivity index (χ0n) is 13.2. The zero-order valence-corrected chi connectivity index (χ0v) is 13.2. The molecule has 1 N–H and O–H groups in total. The number of para-hydroxylation sites is 1. The van der Waals surface area contributed by atoms with Gasteiger partial charge in [0.2, 0.25) is 5.91 Å². The summed E-state index contributed by atoms with van der Waals surface area (Å²) in [5.74, 6) is 0.0299. The lowest BCUT2D eigenvalue weighted by atomic mass is 10.1. The molecular weight excluding hydrogens is 252 g/mol. The molecule has 1 rings (SSSR count). The Morgan fingerprint density at radius 1 is 1.35 bits per heavy atom. The van der Waals surface area contributed by atoms with Crippen molar-refractivity contribution >= 4 is 11.6 Å². The van der Waals surface area contributed by atoms with Gasteiger partial charge in [-0.1, -0.05) is 18.2 Å². The number of aryl methyl sites for hydroxylation is 2. The predicted octanol–water partition coefficient (Wildman–Crippen LogP) is 2.60. The van der Waals surface area contributed by atoms with Crippen molar-refractivity contribution in [2.24, 2.45) is 0 Å². The van der Waals surface area contributed by atoms with Gasteiger partial charge < -0.3 is 10.1 Å². The number of carbonyl (C=O) groups is 1. The smallest absolute Gasteiger partial charge is 0.241 e. The molecule has 0 aliphatic carbocycles. The summed E-state index contributed by atoms with van der Waals surface area (Å²) in [6, 6.07) is 5.86. The molecular formula is C16H26N2O2. The van der Waals surface area contributed by atoms with E-state index in [0.717, 1.165) is 36.4 Å². The van der Waals surface area contributed by atoms with Crippen molar-refractivity contribution in [3.8, 4) is 0 Å². The molecule has 1 unspecified atom stereocenters. The molecule has 0 aliphatic heterocycles. The molecule has 0 bridgehead atoms. The normalized spacial score (nSPS) is 12.5. The third-order valence-corrected chi connectivity index (χ3v) is 3.63. The highest BCUT2D eigenvalue weighted by molar-refractivity contribution is 5.95. The van der Waals surface area contributed by atoms with Crippen molar-refractivity contribution in [3.05, 3.63) is 29.3 Å². The summed E-state index contributed by atoms with van der Waals surface area (Å²) in [5.41, 5.74) is 3.11. The molecule has 0 saturated carbocycles. The number of rotatable bonds is 7. The molecule has 0 aromatic heterocycles. The lowest BCUT2D eigenvalue weighted by Gasteiger charge is -2.24.